The van der Waals surface area contributed by atoms with Gasteiger partial charge in [0.05, 0.1) is 4.90 Å². The van der Waals surface area contributed by atoms with Crippen LogP contribution < -0.4 is 4.74 Å². The fourth-order valence-electron chi connectivity index (χ4n) is 2.48. The number of allylic oxidation sites excluding steroid dienone is 1. The average molecular weight is 372 g/mol. The van der Waals surface area contributed by atoms with Gasteiger partial charge in [0.2, 0.25) is 9.84 Å². The summed E-state index contributed by atoms with van der Waals surface area (Å²) in [6, 6.07) is 15.0. The number of nitriles is 1. The molecule has 0 saturated carbocycles. The Labute approximate surface area is 151 Å². The second kappa shape index (κ2) is 6.75. The largest absolute Gasteiger partial charge is 0.485 e. The van der Waals surface area contributed by atoms with E-state index in [2.05, 4.69) is 0 Å². The van der Waals surface area contributed by atoms with Crippen LogP contribution in [0.3, 0.4) is 0 Å². The van der Waals surface area contributed by atoms with Crippen LogP contribution in [-0.2, 0) is 9.84 Å². The average Bonchev–Trinajstić information content (AvgIpc) is 2.60. The Morgan fingerprint density at radius 3 is 2.56 bits per heavy atom. The molecule has 0 aromatic heterocycles. The van der Waals surface area contributed by atoms with Gasteiger partial charge in [0.15, 0.2) is 0 Å². The van der Waals surface area contributed by atoms with Crippen molar-refractivity contribution in [2.45, 2.75) is 17.9 Å². The summed E-state index contributed by atoms with van der Waals surface area (Å²) in [5.74, 6) is 0.728. The summed E-state index contributed by atoms with van der Waals surface area (Å²) in [5, 5.41) is 9.82. The Bertz CT molecular complexity index is 1020. The molecule has 2 aromatic carbocycles. The van der Waals surface area contributed by atoms with Gasteiger partial charge in [-0.15, -0.1) is 0 Å². The third-order valence-electron chi connectivity index (χ3n) is 3.84. The van der Waals surface area contributed by atoms with E-state index >= 15 is 0 Å². The van der Waals surface area contributed by atoms with E-state index in [-0.39, 0.29) is 15.9 Å². The summed E-state index contributed by atoms with van der Waals surface area (Å²) in [7, 11) is -3.92. The monoisotopic (exact) mass is 371 g/mol. The molecule has 0 radical (unpaired) electrons. The Balaban J connectivity index is 2.05. The quantitative estimate of drug-likeness (QED) is 0.750. The first kappa shape index (κ1) is 17.3. The summed E-state index contributed by atoms with van der Waals surface area (Å²) in [5.41, 5.74) is 1.46. The highest BCUT2D eigenvalue weighted by atomic mass is 35.5. The normalized spacial score (nSPS) is 17.1. The van der Waals surface area contributed by atoms with Crippen molar-refractivity contribution in [3.8, 4) is 11.8 Å². The zero-order valence-electron chi connectivity index (χ0n) is 13.3. The summed E-state index contributed by atoms with van der Waals surface area (Å²) < 4.78 is 31.2. The van der Waals surface area contributed by atoms with Crippen molar-refractivity contribution in [2.24, 2.45) is 0 Å². The highest BCUT2D eigenvalue weighted by Crippen LogP contribution is 2.31. The zero-order valence-corrected chi connectivity index (χ0v) is 14.9. The summed E-state index contributed by atoms with van der Waals surface area (Å²) in [6.45, 7) is 1.81. The number of sulfone groups is 1. The van der Waals surface area contributed by atoms with Gasteiger partial charge in [0, 0.05) is 10.6 Å². The number of benzene rings is 2. The number of halogens is 1. The van der Waals surface area contributed by atoms with Gasteiger partial charge in [-0.05, 0) is 55.0 Å². The van der Waals surface area contributed by atoms with E-state index in [0.717, 1.165) is 11.3 Å². The molecule has 4 nitrogen and oxygen atoms in total. The Morgan fingerprint density at radius 1 is 1.20 bits per heavy atom. The standard InChI is InChI=1S/C19H14ClNO3S/c1-13-15(10-14-4-2-3-5-19(14)24-13)11-18(12-21)25(22,23)17-8-6-16(20)7-9-17/h2-11,13H,1H3/b18-11+. The fourth-order valence-corrected chi connectivity index (χ4v) is 3.77. The van der Waals surface area contributed by atoms with E-state index in [4.69, 9.17) is 16.3 Å². The van der Waals surface area contributed by atoms with Crippen molar-refractivity contribution in [3.05, 3.63) is 75.7 Å². The van der Waals surface area contributed by atoms with Crippen LogP contribution in [0.4, 0.5) is 0 Å². The lowest BCUT2D eigenvalue weighted by Gasteiger charge is -2.23. The summed E-state index contributed by atoms with van der Waals surface area (Å²) in [4.78, 5) is -0.314. The van der Waals surface area contributed by atoms with Crippen LogP contribution in [0.2, 0.25) is 5.02 Å². The maximum absolute atomic E-state index is 12.7. The second-order valence-corrected chi connectivity index (χ2v) is 7.87. The van der Waals surface area contributed by atoms with Gasteiger partial charge in [0.25, 0.3) is 0 Å². The van der Waals surface area contributed by atoms with Gasteiger partial charge >= 0.3 is 0 Å². The predicted molar refractivity (Wildman–Crippen MR) is 96.8 cm³/mol. The second-order valence-electron chi connectivity index (χ2n) is 5.52. The number of ether oxygens (including phenoxy) is 1. The molecule has 1 aliphatic rings. The van der Waals surface area contributed by atoms with Gasteiger partial charge < -0.3 is 4.74 Å². The number of rotatable bonds is 3. The van der Waals surface area contributed by atoms with Crippen molar-refractivity contribution in [2.75, 3.05) is 0 Å². The third kappa shape index (κ3) is 3.46. The molecule has 1 aliphatic heterocycles. The minimum Gasteiger partial charge on any atom is -0.485 e. The smallest absolute Gasteiger partial charge is 0.216 e. The first-order valence-corrected chi connectivity index (χ1v) is 9.37. The minimum atomic E-state index is -3.92. The minimum absolute atomic E-state index is 0.0232. The Kier molecular flexibility index (Phi) is 4.67. The van der Waals surface area contributed by atoms with Crippen LogP contribution in [0.15, 0.2) is 70.0 Å². The molecule has 0 bridgehead atoms. The van der Waals surface area contributed by atoms with E-state index in [1.807, 2.05) is 37.3 Å². The van der Waals surface area contributed by atoms with Gasteiger partial charge in [-0.3, -0.25) is 0 Å². The molecular formula is C19H14ClNO3S. The lowest BCUT2D eigenvalue weighted by molar-refractivity contribution is 0.257. The lowest BCUT2D eigenvalue weighted by Crippen LogP contribution is -2.18. The fraction of sp³-hybridized carbons (Fsp3) is 0.105. The topological polar surface area (TPSA) is 67.2 Å². The SMILES string of the molecule is CC1Oc2ccccc2C=C1/C=C(\C#N)S(=O)(=O)c1ccc(Cl)cc1. The molecule has 1 atom stereocenters. The van der Waals surface area contributed by atoms with Crippen molar-refractivity contribution in [1.29, 1.82) is 5.26 Å². The zero-order chi connectivity index (χ0) is 18.0. The van der Waals surface area contributed by atoms with Crippen molar-refractivity contribution in [3.63, 3.8) is 0 Å². The molecule has 0 fully saturated rings. The molecule has 2 aromatic rings. The van der Waals surface area contributed by atoms with E-state index < -0.39 is 9.84 Å². The number of nitrogens with zero attached hydrogens (tertiary/aromatic N) is 1. The maximum Gasteiger partial charge on any atom is 0.216 e. The first-order valence-electron chi connectivity index (χ1n) is 7.51. The predicted octanol–water partition coefficient (Wildman–Crippen LogP) is 4.39. The van der Waals surface area contributed by atoms with Crippen LogP contribution in [0.25, 0.3) is 6.08 Å². The highest BCUT2D eigenvalue weighted by Gasteiger charge is 2.24. The van der Waals surface area contributed by atoms with Crippen LogP contribution in [0, 0.1) is 11.3 Å². The molecule has 0 saturated heterocycles. The maximum atomic E-state index is 12.7. The Hall–Kier alpha value is -2.55. The molecule has 0 amide bonds. The Morgan fingerprint density at radius 2 is 1.88 bits per heavy atom. The van der Waals surface area contributed by atoms with Crippen molar-refractivity contribution >= 4 is 27.5 Å². The molecule has 1 heterocycles. The molecule has 1 unspecified atom stereocenters. The van der Waals surface area contributed by atoms with E-state index in [0.29, 0.717) is 10.6 Å². The van der Waals surface area contributed by atoms with Crippen molar-refractivity contribution in [1.82, 2.24) is 0 Å². The molecule has 0 aliphatic carbocycles. The van der Waals surface area contributed by atoms with E-state index in [9.17, 15) is 13.7 Å². The summed E-state index contributed by atoms with van der Waals surface area (Å²) in [6.07, 6.45) is 2.83. The highest BCUT2D eigenvalue weighted by molar-refractivity contribution is 7.95. The lowest BCUT2D eigenvalue weighted by atomic mass is 10.0. The van der Waals surface area contributed by atoms with Gasteiger partial charge in [-0.1, -0.05) is 29.8 Å². The molecule has 3 rings (SSSR count). The van der Waals surface area contributed by atoms with E-state index in [1.54, 1.807) is 6.07 Å². The molecule has 0 spiro atoms. The van der Waals surface area contributed by atoms with Gasteiger partial charge in [-0.25, -0.2) is 8.42 Å². The molecule has 126 valence electrons. The third-order valence-corrected chi connectivity index (χ3v) is 5.77. The van der Waals surface area contributed by atoms with Crippen LogP contribution in [-0.4, -0.2) is 14.5 Å². The van der Waals surface area contributed by atoms with E-state index in [1.165, 1.54) is 30.3 Å². The summed E-state index contributed by atoms with van der Waals surface area (Å²) >= 11 is 5.80. The first-order chi connectivity index (χ1) is 11.9. The molecule has 0 N–H and O–H groups in total. The molecule has 25 heavy (non-hydrogen) atoms. The number of fused-ring (bicyclic) bond motifs is 1. The van der Waals surface area contributed by atoms with Crippen LogP contribution in [0.1, 0.15) is 12.5 Å². The molecular weight excluding hydrogens is 358 g/mol. The number of hydrogen-bond donors (Lipinski definition) is 0. The van der Waals surface area contributed by atoms with Crippen LogP contribution in [0.5, 0.6) is 5.75 Å². The van der Waals surface area contributed by atoms with Gasteiger partial charge in [-0.2, -0.15) is 5.26 Å². The van der Waals surface area contributed by atoms with Crippen LogP contribution >= 0.6 is 11.6 Å². The molecule has 6 heteroatoms. The van der Waals surface area contributed by atoms with Crippen molar-refractivity contribution < 1.29 is 13.2 Å². The number of hydrogen-bond acceptors (Lipinski definition) is 4. The van der Waals surface area contributed by atoms with Gasteiger partial charge in [0.1, 0.15) is 22.8 Å². The number of para-hydroxylation sites is 1.